The summed E-state index contributed by atoms with van der Waals surface area (Å²) in [6, 6.07) is 9.86. The minimum atomic E-state index is 0.762. The van der Waals surface area contributed by atoms with E-state index in [1.165, 1.54) is 0 Å². The summed E-state index contributed by atoms with van der Waals surface area (Å²) in [6.45, 7) is 1.54. The van der Waals surface area contributed by atoms with E-state index in [9.17, 15) is 0 Å². The van der Waals surface area contributed by atoms with Crippen LogP contribution < -0.4 is 4.74 Å². The van der Waals surface area contributed by atoms with E-state index in [2.05, 4.69) is 9.47 Å². The van der Waals surface area contributed by atoms with E-state index in [1.807, 2.05) is 30.3 Å². The van der Waals surface area contributed by atoms with Crippen LogP contribution in [0.5, 0.6) is 5.75 Å². The molecule has 0 radical (unpaired) electrons. The number of hydrogen-bond acceptors (Lipinski definition) is 2. The van der Waals surface area contributed by atoms with Crippen molar-refractivity contribution in [3.05, 3.63) is 30.3 Å². The second-order valence-corrected chi connectivity index (χ2v) is 3.07. The van der Waals surface area contributed by atoms with E-state index in [-0.39, 0.29) is 0 Å². The standard InChI is InChI=1S/C10H15O2P/c13-12-9-5-4-8-11-10-6-2-1-3-7-10/h1-3,6-7H,4-5,8-9,13H2. The molecule has 0 aliphatic carbocycles. The Balaban J connectivity index is 2.07. The fraction of sp³-hybridized carbons (Fsp3) is 0.400. The molecule has 0 fully saturated rings. The van der Waals surface area contributed by atoms with Gasteiger partial charge in [0.25, 0.3) is 0 Å². The molecule has 0 N–H and O–H groups in total. The first-order valence-corrected chi connectivity index (χ1v) is 4.90. The molecule has 0 aliphatic heterocycles. The van der Waals surface area contributed by atoms with E-state index in [0.717, 1.165) is 31.8 Å². The smallest absolute Gasteiger partial charge is 0.119 e. The number of ether oxygens (including phenoxy) is 1. The van der Waals surface area contributed by atoms with E-state index in [0.29, 0.717) is 0 Å². The summed E-state index contributed by atoms with van der Waals surface area (Å²) in [5.74, 6) is 0.939. The van der Waals surface area contributed by atoms with Gasteiger partial charge in [-0.2, -0.15) is 0 Å². The van der Waals surface area contributed by atoms with Gasteiger partial charge in [-0.25, -0.2) is 0 Å². The van der Waals surface area contributed by atoms with Crippen molar-refractivity contribution in [1.29, 1.82) is 0 Å². The van der Waals surface area contributed by atoms with Crippen molar-refractivity contribution >= 4 is 9.47 Å². The van der Waals surface area contributed by atoms with Crippen LogP contribution >= 0.6 is 9.47 Å². The van der Waals surface area contributed by atoms with Crippen molar-refractivity contribution in [3.63, 3.8) is 0 Å². The lowest BCUT2D eigenvalue weighted by Gasteiger charge is -2.04. The molecule has 1 atom stereocenters. The van der Waals surface area contributed by atoms with Crippen LogP contribution in [0.25, 0.3) is 0 Å². The highest BCUT2D eigenvalue weighted by atomic mass is 31.0. The first-order valence-electron chi connectivity index (χ1n) is 4.43. The Bertz CT molecular complexity index is 213. The van der Waals surface area contributed by atoms with Gasteiger partial charge in [0.05, 0.1) is 13.2 Å². The number of hydrogen-bond donors (Lipinski definition) is 0. The first kappa shape index (κ1) is 10.5. The maximum absolute atomic E-state index is 5.49. The Morgan fingerprint density at radius 1 is 1.00 bits per heavy atom. The van der Waals surface area contributed by atoms with Gasteiger partial charge in [0.1, 0.15) is 5.75 Å². The van der Waals surface area contributed by atoms with Crippen molar-refractivity contribution in [1.82, 2.24) is 0 Å². The van der Waals surface area contributed by atoms with Gasteiger partial charge >= 0.3 is 0 Å². The molecule has 1 aromatic carbocycles. The number of unbranched alkanes of at least 4 members (excludes halogenated alkanes) is 1. The second kappa shape index (κ2) is 6.88. The van der Waals surface area contributed by atoms with E-state index in [1.54, 1.807) is 0 Å². The van der Waals surface area contributed by atoms with Gasteiger partial charge in [-0.15, -0.1) is 0 Å². The molecular weight excluding hydrogens is 183 g/mol. The molecule has 0 spiro atoms. The molecule has 0 bridgehead atoms. The zero-order valence-electron chi connectivity index (χ0n) is 7.61. The monoisotopic (exact) mass is 198 g/mol. The second-order valence-electron chi connectivity index (χ2n) is 2.74. The van der Waals surface area contributed by atoms with Crippen LogP contribution in [-0.2, 0) is 4.52 Å². The molecule has 0 amide bonds. The van der Waals surface area contributed by atoms with Crippen LogP contribution in [0, 0.1) is 0 Å². The third kappa shape index (κ3) is 4.87. The lowest BCUT2D eigenvalue weighted by atomic mass is 10.3. The maximum Gasteiger partial charge on any atom is 0.119 e. The molecule has 1 unspecified atom stereocenters. The molecule has 2 nitrogen and oxygen atoms in total. The molecule has 0 saturated heterocycles. The molecule has 1 rings (SSSR count). The Labute approximate surface area is 81.5 Å². The summed E-state index contributed by atoms with van der Waals surface area (Å²) in [4.78, 5) is 0. The summed E-state index contributed by atoms with van der Waals surface area (Å²) in [6.07, 6.45) is 2.07. The van der Waals surface area contributed by atoms with Crippen molar-refractivity contribution in [2.45, 2.75) is 12.8 Å². The molecule has 13 heavy (non-hydrogen) atoms. The van der Waals surface area contributed by atoms with Gasteiger partial charge in [-0.1, -0.05) is 18.2 Å². The molecule has 3 heteroatoms. The predicted molar refractivity (Wildman–Crippen MR) is 56.8 cm³/mol. The Hall–Kier alpha value is -0.590. The largest absolute Gasteiger partial charge is 0.494 e. The molecule has 0 saturated carbocycles. The molecule has 72 valence electrons. The van der Waals surface area contributed by atoms with E-state index < -0.39 is 0 Å². The van der Waals surface area contributed by atoms with Crippen molar-refractivity contribution in [2.24, 2.45) is 0 Å². The molecule has 1 aromatic rings. The van der Waals surface area contributed by atoms with Crippen LogP contribution in [0.3, 0.4) is 0 Å². The summed E-state index contributed by atoms with van der Waals surface area (Å²) in [5.41, 5.74) is 0. The SMILES string of the molecule is POCCCCOc1ccccc1. The van der Waals surface area contributed by atoms with E-state index in [4.69, 9.17) is 9.26 Å². The van der Waals surface area contributed by atoms with Crippen molar-refractivity contribution < 1.29 is 9.26 Å². The lowest BCUT2D eigenvalue weighted by molar-refractivity contribution is 0.283. The van der Waals surface area contributed by atoms with Crippen molar-refractivity contribution in [2.75, 3.05) is 13.2 Å². The van der Waals surface area contributed by atoms with Gasteiger partial charge in [-0.05, 0) is 25.0 Å². The van der Waals surface area contributed by atoms with Gasteiger partial charge in [0, 0.05) is 9.47 Å². The van der Waals surface area contributed by atoms with Crippen LogP contribution in [0.2, 0.25) is 0 Å². The fourth-order valence-corrected chi connectivity index (χ4v) is 1.16. The van der Waals surface area contributed by atoms with Gasteiger partial charge in [0.2, 0.25) is 0 Å². The Kier molecular flexibility index (Phi) is 5.55. The summed E-state index contributed by atoms with van der Waals surface area (Å²) in [5, 5.41) is 0. The quantitative estimate of drug-likeness (QED) is 0.516. The molecular formula is C10H15O2P. The number of rotatable bonds is 6. The Morgan fingerprint density at radius 2 is 1.69 bits per heavy atom. The summed E-state index contributed by atoms with van der Waals surface area (Å²) >= 11 is 0. The van der Waals surface area contributed by atoms with Gasteiger partial charge in [0.15, 0.2) is 0 Å². The third-order valence-electron chi connectivity index (χ3n) is 1.67. The highest BCUT2D eigenvalue weighted by Crippen LogP contribution is 2.08. The zero-order chi connectivity index (χ0) is 9.36. The normalized spacial score (nSPS) is 9.92. The maximum atomic E-state index is 5.49. The summed E-state index contributed by atoms with van der Waals surface area (Å²) in [7, 11) is 2.25. The zero-order valence-corrected chi connectivity index (χ0v) is 8.76. The fourth-order valence-electron chi connectivity index (χ4n) is 0.994. The van der Waals surface area contributed by atoms with Crippen LogP contribution in [0.15, 0.2) is 30.3 Å². The molecule has 0 aromatic heterocycles. The number of para-hydroxylation sites is 1. The number of benzene rings is 1. The van der Waals surface area contributed by atoms with Crippen LogP contribution in [-0.4, -0.2) is 13.2 Å². The van der Waals surface area contributed by atoms with Gasteiger partial charge < -0.3 is 9.26 Å². The first-order chi connectivity index (χ1) is 6.43. The highest BCUT2D eigenvalue weighted by molar-refractivity contribution is 7.09. The minimum absolute atomic E-state index is 0.762. The van der Waals surface area contributed by atoms with Gasteiger partial charge in [-0.3, -0.25) is 0 Å². The van der Waals surface area contributed by atoms with E-state index >= 15 is 0 Å². The van der Waals surface area contributed by atoms with Crippen LogP contribution in [0.1, 0.15) is 12.8 Å². The third-order valence-corrected chi connectivity index (χ3v) is 1.90. The van der Waals surface area contributed by atoms with Crippen molar-refractivity contribution in [3.8, 4) is 5.75 Å². The Morgan fingerprint density at radius 3 is 2.38 bits per heavy atom. The average molecular weight is 198 g/mol. The lowest BCUT2D eigenvalue weighted by Crippen LogP contribution is -1.98. The minimum Gasteiger partial charge on any atom is -0.494 e. The average Bonchev–Trinajstić information content (AvgIpc) is 2.19. The predicted octanol–water partition coefficient (Wildman–Crippen LogP) is 2.65. The topological polar surface area (TPSA) is 18.5 Å². The molecule has 0 aliphatic rings. The summed E-state index contributed by atoms with van der Waals surface area (Å²) < 4.78 is 10.3. The highest BCUT2D eigenvalue weighted by Gasteiger charge is 1.91. The molecule has 0 heterocycles. The van der Waals surface area contributed by atoms with Crippen LogP contribution in [0.4, 0.5) is 0 Å².